The fourth-order valence-corrected chi connectivity index (χ4v) is 3.97. The van der Waals surface area contributed by atoms with Gasteiger partial charge in [0.05, 0.1) is 11.4 Å². The maximum atomic E-state index is 6.20. The molecule has 126 valence electrons. The molecule has 4 rings (SSSR count). The Bertz CT molecular complexity index is 564. The highest BCUT2D eigenvalue weighted by Gasteiger charge is 2.30. The molecular formula is C18H28N4O. The van der Waals surface area contributed by atoms with E-state index in [0.717, 1.165) is 51.5 Å². The van der Waals surface area contributed by atoms with Crippen molar-refractivity contribution in [2.24, 2.45) is 0 Å². The van der Waals surface area contributed by atoms with Crippen LogP contribution in [-0.2, 0) is 13.0 Å². The Kier molecular flexibility index (Phi) is 4.16. The lowest BCUT2D eigenvalue weighted by Gasteiger charge is -2.41. The molecule has 0 unspecified atom stereocenters. The Labute approximate surface area is 138 Å². The minimum atomic E-state index is 0.269. The van der Waals surface area contributed by atoms with E-state index in [1.807, 2.05) is 0 Å². The summed E-state index contributed by atoms with van der Waals surface area (Å²) in [6, 6.07) is 2.91. The van der Waals surface area contributed by atoms with Gasteiger partial charge in [0.25, 0.3) is 0 Å². The van der Waals surface area contributed by atoms with E-state index in [4.69, 9.17) is 15.5 Å². The van der Waals surface area contributed by atoms with Crippen molar-refractivity contribution < 1.29 is 4.74 Å². The summed E-state index contributed by atoms with van der Waals surface area (Å²) < 4.78 is 6.18. The Hall–Kier alpha value is -1.33. The van der Waals surface area contributed by atoms with Crippen molar-refractivity contribution in [2.75, 3.05) is 32.4 Å². The Morgan fingerprint density at radius 3 is 2.65 bits per heavy atom. The number of rotatable bonds is 3. The highest BCUT2D eigenvalue weighted by molar-refractivity contribution is 5.52. The monoisotopic (exact) mass is 316 g/mol. The number of piperidine rings is 1. The molecule has 0 aromatic carbocycles. The molecule has 1 aliphatic carbocycles. The molecule has 1 aromatic rings. The smallest absolute Gasteiger partial charge is 0.237 e. The van der Waals surface area contributed by atoms with Gasteiger partial charge in [0.15, 0.2) is 0 Å². The third-order valence-electron chi connectivity index (χ3n) is 5.70. The van der Waals surface area contributed by atoms with E-state index in [-0.39, 0.29) is 6.10 Å². The van der Waals surface area contributed by atoms with Gasteiger partial charge in [-0.15, -0.1) is 0 Å². The van der Waals surface area contributed by atoms with Crippen molar-refractivity contribution in [3.8, 4) is 5.88 Å². The average molecular weight is 316 g/mol. The van der Waals surface area contributed by atoms with Crippen molar-refractivity contribution in [1.29, 1.82) is 0 Å². The third kappa shape index (κ3) is 3.17. The minimum absolute atomic E-state index is 0.269. The molecule has 1 saturated heterocycles. The largest absolute Gasteiger partial charge is 0.473 e. The van der Waals surface area contributed by atoms with Crippen molar-refractivity contribution >= 4 is 5.69 Å². The zero-order valence-electron chi connectivity index (χ0n) is 14.1. The molecule has 3 heterocycles. The van der Waals surface area contributed by atoms with Crippen LogP contribution < -0.4 is 10.5 Å². The number of anilines is 1. The fraction of sp³-hybridized carbons (Fsp3) is 0.722. The van der Waals surface area contributed by atoms with Gasteiger partial charge >= 0.3 is 0 Å². The number of nitrogens with two attached hydrogens (primary N) is 1. The van der Waals surface area contributed by atoms with E-state index in [2.05, 4.69) is 22.9 Å². The summed E-state index contributed by atoms with van der Waals surface area (Å²) in [5.74, 6) is 0.662. The molecule has 2 N–H and O–H groups in total. The van der Waals surface area contributed by atoms with Gasteiger partial charge in [-0.05, 0) is 44.4 Å². The van der Waals surface area contributed by atoms with Crippen LogP contribution in [-0.4, -0.2) is 53.6 Å². The summed E-state index contributed by atoms with van der Waals surface area (Å²) in [4.78, 5) is 9.68. The van der Waals surface area contributed by atoms with Gasteiger partial charge < -0.3 is 20.3 Å². The number of hydrogen-bond acceptors (Lipinski definition) is 5. The number of nitrogens with zero attached hydrogens (tertiary/aromatic N) is 3. The first-order valence-electron chi connectivity index (χ1n) is 9.06. The average Bonchev–Trinajstić information content (AvgIpc) is 2.48. The molecule has 1 saturated carbocycles. The zero-order valence-corrected chi connectivity index (χ0v) is 14.1. The van der Waals surface area contributed by atoms with Crippen LogP contribution in [0.2, 0.25) is 0 Å². The number of aromatic nitrogens is 1. The summed E-state index contributed by atoms with van der Waals surface area (Å²) in [5, 5.41) is 0. The van der Waals surface area contributed by atoms with Gasteiger partial charge in [0.2, 0.25) is 5.88 Å². The molecule has 0 amide bonds. The quantitative estimate of drug-likeness (QED) is 0.925. The number of hydrogen-bond donors (Lipinski definition) is 1. The van der Waals surface area contributed by atoms with Crippen LogP contribution in [0.5, 0.6) is 5.88 Å². The summed E-state index contributed by atoms with van der Waals surface area (Å²) in [7, 11) is 2.14. The predicted octanol–water partition coefficient (Wildman–Crippen LogP) is 2.05. The number of fused-ring (bicyclic) bond motifs is 1. The topological polar surface area (TPSA) is 54.6 Å². The molecule has 1 aromatic heterocycles. The maximum Gasteiger partial charge on any atom is 0.237 e. The molecule has 23 heavy (non-hydrogen) atoms. The standard InChI is InChI=1S/C18H28N4O/c1-21-8-7-17-13(12-21)11-16(19)18(20-17)23-15-5-9-22(10-6-15)14-3-2-4-14/h11,14-15H,2-10,12,19H2,1H3. The molecule has 0 radical (unpaired) electrons. The van der Waals surface area contributed by atoms with E-state index in [1.54, 1.807) is 0 Å². The first kappa shape index (κ1) is 15.2. The van der Waals surface area contributed by atoms with E-state index >= 15 is 0 Å². The molecule has 3 aliphatic rings. The number of likely N-dealkylation sites (tertiary alicyclic amines) is 1. The molecule has 2 fully saturated rings. The minimum Gasteiger partial charge on any atom is -0.473 e. The Morgan fingerprint density at radius 2 is 1.96 bits per heavy atom. The van der Waals surface area contributed by atoms with Crippen molar-refractivity contribution in [3.63, 3.8) is 0 Å². The van der Waals surface area contributed by atoms with Crippen LogP contribution >= 0.6 is 0 Å². The Balaban J connectivity index is 1.39. The molecular weight excluding hydrogens is 288 g/mol. The van der Waals surface area contributed by atoms with Gasteiger partial charge in [-0.1, -0.05) is 6.42 Å². The molecule has 0 atom stereocenters. The first-order valence-corrected chi connectivity index (χ1v) is 9.06. The second-order valence-electron chi connectivity index (χ2n) is 7.41. The number of likely N-dealkylation sites (N-methyl/N-ethyl adjacent to an activating group) is 1. The van der Waals surface area contributed by atoms with Crippen LogP contribution in [0.15, 0.2) is 6.07 Å². The van der Waals surface area contributed by atoms with Gasteiger partial charge in [-0.3, -0.25) is 0 Å². The van der Waals surface area contributed by atoms with Crippen molar-refractivity contribution in [2.45, 2.75) is 57.2 Å². The third-order valence-corrected chi connectivity index (χ3v) is 5.70. The van der Waals surface area contributed by atoms with E-state index in [1.165, 1.54) is 30.5 Å². The predicted molar refractivity (Wildman–Crippen MR) is 91.5 cm³/mol. The van der Waals surface area contributed by atoms with Gasteiger partial charge in [0.1, 0.15) is 6.10 Å². The highest BCUT2D eigenvalue weighted by Crippen LogP contribution is 2.30. The summed E-state index contributed by atoms with van der Waals surface area (Å²) in [5.41, 5.74) is 9.31. The second-order valence-corrected chi connectivity index (χ2v) is 7.41. The van der Waals surface area contributed by atoms with Crippen LogP contribution in [0.25, 0.3) is 0 Å². The van der Waals surface area contributed by atoms with Crippen LogP contribution in [0, 0.1) is 0 Å². The lowest BCUT2D eigenvalue weighted by Crippen LogP contribution is -2.46. The molecule has 5 nitrogen and oxygen atoms in total. The van der Waals surface area contributed by atoms with E-state index in [0.29, 0.717) is 11.6 Å². The lowest BCUT2D eigenvalue weighted by atomic mass is 9.90. The number of nitrogen functional groups attached to an aromatic ring is 1. The van der Waals surface area contributed by atoms with Gasteiger partial charge in [-0.25, -0.2) is 4.98 Å². The molecule has 0 spiro atoms. The highest BCUT2D eigenvalue weighted by atomic mass is 16.5. The molecule has 2 aliphatic heterocycles. The van der Waals surface area contributed by atoms with Crippen molar-refractivity contribution in [1.82, 2.24) is 14.8 Å². The van der Waals surface area contributed by atoms with E-state index < -0.39 is 0 Å². The summed E-state index contributed by atoms with van der Waals surface area (Å²) in [6.07, 6.45) is 7.63. The van der Waals surface area contributed by atoms with Crippen LogP contribution in [0.3, 0.4) is 0 Å². The van der Waals surface area contributed by atoms with Gasteiger partial charge in [0, 0.05) is 38.6 Å². The number of pyridine rings is 1. The number of ether oxygens (including phenoxy) is 1. The molecule has 5 heteroatoms. The lowest BCUT2D eigenvalue weighted by molar-refractivity contribution is 0.0477. The van der Waals surface area contributed by atoms with Gasteiger partial charge in [-0.2, -0.15) is 0 Å². The Morgan fingerprint density at radius 1 is 1.17 bits per heavy atom. The fourth-order valence-electron chi connectivity index (χ4n) is 3.97. The van der Waals surface area contributed by atoms with Crippen molar-refractivity contribution in [3.05, 3.63) is 17.3 Å². The normalized spacial score (nSPS) is 24.2. The first-order chi connectivity index (χ1) is 11.2. The van der Waals surface area contributed by atoms with E-state index in [9.17, 15) is 0 Å². The SMILES string of the molecule is CN1CCc2nc(OC3CCN(C4CCC4)CC3)c(N)cc2C1. The van der Waals surface area contributed by atoms with Crippen LogP contribution in [0.4, 0.5) is 5.69 Å². The van der Waals surface area contributed by atoms with Crippen LogP contribution in [0.1, 0.15) is 43.4 Å². The molecule has 0 bridgehead atoms. The summed E-state index contributed by atoms with van der Waals surface area (Å²) >= 11 is 0. The maximum absolute atomic E-state index is 6.20. The summed E-state index contributed by atoms with van der Waals surface area (Å²) in [6.45, 7) is 4.31. The zero-order chi connectivity index (χ0) is 15.8. The second kappa shape index (κ2) is 6.29.